The smallest absolute Gasteiger partial charge is 0.150 e. The Bertz CT molecular complexity index is 366. The van der Waals surface area contributed by atoms with E-state index in [9.17, 15) is 0 Å². The maximum Gasteiger partial charge on any atom is 0.150 e. The Hall–Kier alpha value is 0.130. The molecule has 0 aliphatic carbocycles. The van der Waals surface area contributed by atoms with Gasteiger partial charge in [0, 0.05) is 18.9 Å². The van der Waals surface area contributed by atoms with Gasteiger partial charge in [0.05, 0.1) is 10.0 Å². The molecule has 17 heavy (non-hydrogen) atoms. The topological polar surface area (TPSA) is 45.1 Å². The van der Waals surface area contributed by atoms with Crippen molar-refractivity contribution in [2.45, 2.75) is 6.42 Å². The van der Waals surface area contributed by atoms with Crippen LogP contribution in [-0.2, 0) is 0 Å². The van der Waals surface area contributed by atoms with Gasteiger partial charge in [0.25, 0.3) is 0 Å². The van der Waals surface area contributed by atoms with Crippen molar-refractivity contribution in [2.24, 2.45) is 0 Å². The van der Waals surface area contributed by atoms with Gasteiger partial charge in [0.1, 0.15) is 11.0 Å². The summed E-state index contributed by atoms with van der Waals surface area (Å²) in [5.74, 6) is 2.41. The molecule has 0 aliphatic heterocycles. The van der Waals surface area contributed by atoms with Gasteiger partial charge < -0.3 is 10.4 Å². The first-order valence-corrected chi connectivity index (χ1v) is 7.38. The van der Waals surface area contributed by atoms with Crippen molar-refractivity contribution in [1.29, 1.82) is 0 Å². The lowest BCUT2D eigenvalue weighted by molar-refractivity contribution is 0.296. The summed E-state index contributed by atoms with van der Waals surface area (Å²) in [6.07, 6.45) is 0.816. The standard InChI is InChI=1S/C10H13Cl3N2OS/c11-7-6-8(12)10(15-9(7)13)14-2-5-17-4-1-3-16/h6,16H,1-5H2,(H,14,15). The Labute approximate surface area is 120 Å². The van der Waals surface area contributed by atoms with Crippen LogP contribution in [-0.4, -0.2) is 34.7 Å². The second-order valence-corrected chi connectivity index (χ2v) is 5.60. The summed E-state index contributed by atoms with van der Waals surface area (Å²) in [7, 11) is 0. The molecule has 3 nitrogen and oxygen atoms in total. The van der Waals surface area contributed by atoms with Gasteiger partial charge in [-0.25, -0.2) is 4.98 Å². The third kappa shape index (κ3) is 5.53. The molecule has 0 saturated carbocycles. The molecule has 0 bridgehead atoms. The van der Waals surface area contributed by atoms with E-state index in [1.807, 2.05) is 0 Å². The Morgan fingerprint density at radius 2 is 2.00 bits per heavy atom. The predicted octanol–water partition coefficient (Wildman–Crippen LogP) is 3.57. The Balaban J connectivity index is 2.34. The van der Waals surface area contributed by atoms with Crippen LogP contribution in [0.4, 0.5) is 5.82 Å². The van der Waals surface area contributed by atoms with Crippen LogP contribution in [0.5, 0.6) is 0 Å². The fourth-order valence-electron chi connectivity index (χ4n) is 1.08. The molecule has 0 aromatic carbocycles. The van der Waals surface area contributed by atoms with Crippen molar-refractivity contribution >= 4 is 52.4 Å². The maximum absolute atomic E-state index is 8.61. The highest BCUT2D eigenvalue weighted by molar-refractivity contribution is 7.99. The summed E-state index contributed by atoms with van der Waals surface area (Å²) in [6, 6.07) is 1.57. The Kier molecular flexibility index (Phi) is 7.39. The molecule has 0 fully saturated rings. The first-order valence-electron chi connectivity index (χ1n) is 5.09. The van der Waals surface area contributed by atoms with Crippen molar-refractivity contribution in [3.05, 3.63) is 21.3 Å². The number of nitrogens with one attached hydrogen (secondary N) is 1. The van der Waals surface area contributed by atoms with Crippen LogP contribution in [0, 0.1) is 0 Å². The number of hydrogen-bond acceptors (Lipinski definition) is 4. The van der Waals surface area contributed by atoms with Gasteiger partial charge in [-0.2, -0.15) is 11.8 Å². The number of anilines is 1. The summed E-state index contributed by atoms with van der Waals surface area (Å²) in [6.45, 7) is 0.974. The van der Waals surface area contributed by atoms with Crippen molar-refractivity contribution in [3.8, 4) is 0 Å². The van der Waals surface area contributed by atoms with Crippen LogP contribution in [0.2, 0.25) is 15.2 Å². The summed E-state index contributed by atoms with van der Waals surface area (Å²) in [4.78, 5) is 4.05. The first-order chi connectivity index (χ1) is 8.15. The molecule has 0 amide bonds. The number of hydrogen-bond donors (Lipinski definition) is 2. The molecule has 1 aromatic heterocycles. The first kappa shape index (κ1) is 15.2. The van der Waals surface area contributed by atoms with Gasteiger partial charge in [-0.15, -0.1) is 0 Å². The normalized spacial score (nSPS) is 10.6. The Morgan fingerprint density at radius 1 is 1.24 bits per heavy atom. The lowest BCUT2D eigenvalue weighted by Crippen LogP contribution is -2.07. The maximum atomic E-state index is 8.61. The molecular weight excluding hydrogens is 303 g/mol. The number of nitrogens with zero attached hydrogens (tertiary/aromatic N) is 1. The number of rotatable bonds is 7. The van der Waals surface area contributed by atoms with Crippen LogP contribution in [0.15, 0.2) is 6.07 Å². The summed E-state index contributed by atoms with van der Waals surface area (Å²) in [5.41, 5.74) is 0. The molecular formula is C10H13Cl3N2OS. The molecule has 0 atom stereocenters. The lowest BCUT2D eigenvalue weighted by atomic mass is 10.4. The van der Waals surface area contributed by atoms with Crippen molar-refractivity contribution in [1.82, 2.24) is 4.98 Å². The van der Waals surface area contributed by atoms with Gasteiger partial charge in [-0.1, -0.05) is 34.8 Å². The van der Waals surface area contributed by atoms with Gasteiger partial charge in [-0.3, -0.25) is 0 Å². The van der Waals surface area contributed by atoms with Crippen LogP contribution in [0.3, 0.4) is 0 Å². The molecule has 96 valence electrons. The zero-order valence-electron chi connectivity index (χ0n) is 9.05. The third-order valence-electron chi connectivity index (χ3n) is 1.87. The highest BCUT2D eigenvalue weighted by Gasteiger charge is 2.06. The van der Waals surface area contributed by atoms with E-state index >= 15 is 0 Å². The molecule has 0 saturated heterocycles. The molecule has 0 spiro atoms. The third-order valence-corrected chi connectivity index (χ3v) is 3.90. The van der Waals surface area contributed by atoms with E-state index in [0.29, 0.717) is 15.9 Å². The number of aliphatic hydroxyl groups is 1. The molecule has 7 heteroatoms. The fraction of sp³-hybridized carbons (Fsp3) is 0.500. The Morgan fingerprint density at radius 3 is 2.71 bits per heavy atom. The number of thioether (sulfide) groups is 1. The summed E-state index contributed by atoms with van der Waals surface area (Å²) >= 11 is 19.3. The van der Waals surface area contributed by atoms with Gasteiger partial charge in [-0.05, 0) is 18.2 Å². The monoisotopic (exact) mass is 314 g/mol. The quantitative estimate of drug-likeness (QED) is 0.596. The van der Waals surface area contributed by atoms with Gasteiger partial charge in [0.15, 0.2) is 0 Å². The number of halogens is 3. The summed E-state index contributed by atoms with van der Waals surface area (Å²) < 4.78 is 0. The number of pyridine rings is 1. The van der Waals surface area contributed by atoms with Crippen LogP contribution < -0.4 is 5.32 Å². The lowest BCUT2D eigenvalue weighted by Gasteiger charge is -2.08. The van der Waals surface area contributed by atoms with E-state index in [2.05, 4.69) is 10.3 Å². The molecule has 0 radical (unpaired) electrons. The van der Waals surface area contributed by atoms with Crippen molar-refractivity contribution in [2.75, 3.05) is 30.0 Å². The minimum atomic E-state index is 0.237. The van der Waals surface area contributed by atoms with Crippen molar-refractivity contribution < 1.29 is 5.11 Å². The van der Waals surface area contributed by atoms with E-state index < -0.39 is 0 Å². The minimum absolute atomic E-state index is 0.237. The van der Waals surface area contributed by atoms with Crippen LogP contribution in [0.1, 0.15) is 6.42 Å². The average molecular weight is 316 g/mol. The predicted molar refractivity (Wildman–Crippen MR) is 76.8 cm³/mol. The second kappa shape index (κ2) is 8.27. The molecule has 1 rings (SSSR count). The average Bonchev–Trinajstić information content (AvgIpc) is 2.30. The minimum Gasteiger partial charge on any atom is -0.396 e. The van der Waals surface area contributed by atoms with Crippen LogP contribution in [0.25, 0.3) is 0 Å². The fourth-order valence-corrected chi connectivity index (χ4v) is 2.43. The van der Waals surface area contributed by atoms with E-state index in [0.717, 1.165) is 24.5 Å². The van der Waals surface area contributed by atoms with Crippen LogP contribution >= 0.6 is 46.6 Å². The largest absolute Gasteiger partial charge is 0.396 e. The van der Waals surface area contributed by atoms with E-state index in [-0.39, 0.29) is 11.8 Å². The zero-order chi connectivity index (χ0) is 12.7. The number of aliphatic hydroxyl groups excluding tert-OH is 1. The highest BCUT2D eigenvalue weighted by atomic mass is 35.5. The van der Waals surface area contributed by atoms with E-state index in [1.165, 1.54) is 0 Å². The summed E-state index contributed by atoms with van der Waals surface area (Å²) in [5, 5.41) is 12.7. The van der Waals surface area contributed by atoms with E-state index in [1.54, 1.807) is 17.8 Å². The number of aromatic nitrogens is 1. The second-order valence-electron chi connectivity index (χ2n) is 3.21. The van der Waals surface area contributed by atoms with Gasteiger partial charge >= 0.3 is 0 Å². The highest BCUT2D eigenvalue weighted by Crippen LogP contribution is 2.28. The van der Waals surface area contributed by atoms with Gasteiger partial charge in [0.2, 0.25) is 0 Å². The molecule has 1 heterocycles. The molecule has 0 unspecified atom stereocenters. The zero-order valence-corrected chi connectivity index (χ0v) is 12.1. The molecule has 0 aliphatic rings. The molecule has 1 aromatic rings. The molecule has 2 N–H and O–H groups in total. The van der Waals surface area contributed by atoms with E-state index in [4.69, 9.17) is 39.9 Å². The van der Waals surface area contributed by atoms with Crippen molar-refractivity contribution in [3.63, 3.8) is 0 Å². The SMILES string of the molecule is OCCCSCCNc1nc(Cl)c(Cl)cc1Cl.